The minimum Gasteiger partial charge on any atom is -0.297 e. The molecule has 2 fully saturated rings. The Balaban J connectivity index is 1.57. The van der Waals surface area contributed by atoms with E-state index in [0.717, 1.165) is 12.1 Å². The van der Waals surface area contributed by atoms with Crippen molar-refractivity contribution >= 4 is 0 Å². The monoisotopic (exact) mass is 140 g/mol. The molecule has 58 valence electrons. The van der Waals surface area contributed by atoms with Crippen LogP contribution in [0.2, 0.25) is 0 Å². The van der Waals surface area contributed by atoms with Gasteiger partial charge in [-0.3, -0.25) is 9.80 Å². The summed E-state index contributed by atoms with van der Waals surface area (Å²) in [5, 5.41) is 0. The van der Waals surface area contributed by atoms with Gasteiger partial charge in [0.25, 0.3) is 0 Å². The average molecular weight is 140 g/mol. The van der Waals surface area contributed by atoms with Crippen molar-refractivity contribution in [3.8, 4) is 0 Å². The Labute approximate surface area is 62.8 Å². The van der Waals surface area contributed by atoms with Crippen molar-refractivity contribution in [2.24, 2.45) is 0 Å². The fourth-order valence-electron chi connectivity index (χ4n) is 1.46. The van der Waals surface area contributed by atoms with Gasteiger partial charge in [0.15, 0.2) is 0 Å². The molecule has 0 N–H and O–H groups in total. The molecule has 0 bridgehead atoms. The van der Waals surface area contributed by atoms with Crippen molar-refractivity contribution in [1.82, 2.24) is 9.80 Å². The Morgan fingerprint density at radius 1 is 1.00 bits per heavy atom. The van der Waals surface area contributed by atoms with E-state index in [9.17, 15) is 0 Å². The lowest BCUT2D eigenvalue weighted by atomic mass is 10.5. The minimum atomic E-state index is 0.884. The van der Waals surface area contributed by atoms with Crippen LogP contribution in [0.25, 0.3) is 0 Å². The molecule has 0 aromatic carbocycles. The maximum atomic E-state index is 2.52. The molecule has 0 aliphatic carbocycles. The quantitative estimate of drug-likeness (QED) is 0.523. The summed E-state index contributed by atoms with van der Waals surface area (Å²) in [6, 6.07) is 1.77. The summed E-state index contributed by atoms with van der Waals surface area (Å²) in [6.45, 7) is 9.86. The Hall–Kier alpha value is -0.0800. The molecule has 2 heteroatoms. The smallest absolute Gasteiger partial charge is 0.0196 e. The molecule has 2 nitrogen and oxygen atoms in total. The van der Waals surface area contributed by atoms with Crippen LogP contribution in [0, 0.1) is 0 Å². The van der Waals surface area contributed by atoms with Crippen LogP contribution in [0.4, 0.5) is 0 Å². The molecule has 4 atom stereocenters. The van der Waals surface area contributed by atoms with Crippen LogP contribution in [0.3, 0.4) is 0 Å². The molecule has 0 radical (unpaired) electrons. The topological polar surface area (TPSA) is 6.02 Å². The van der Waals surface area contributed by atoms with Crippen LogP contribution in [0.5, 0.6) is 0 Å². The number of hydrogen-bond acceptors (Lipinski definition) is 2. The fourth-order valence-corrected chi connectivity index (χ4v) is 1.46. The van der Waals surface area contributed by atoms with E-state index in [-0.39, 0.29) is 0 Å². The third kappa shape index (κ3) is 1.32. The molecule has 10 heavy (non-hydrogen) atoms. The van der Waals surface area contributed by atoms with E-state index in [1.807, 2.05) is 0 Å². The number of nitrogens with zero attached hydrogens (tertiary/aromatic N) is 2. The standard InChI is InChI=1S/C8H16N2/c1-7-5-9(7)3-4-10-6-8(10)2/h7-8H,3-6H2,1-2H3. The summed E-state index contributed by atoms with van der Waals surface area (Å²) < 4.78 is 0. The molecule has 0 aromatic heterocycles. The van der Waals surface area contributed by atoms with Crippen molar-refractivity contribution in [3.05, 3.63) is 0 Å². The number of hydrogen-bond donors (Lipinski definition) is 0. The zero-order valence-corrected chi connectivity index (χ0v) is 6.88. The second-order valence-corrected chi connectivity index (χ2v) is 3.69. The van der Waals surface area contributed by atoms with Gasteiger partial charge in [0.05, 0.1) is 0 Å². The van der Waals surface area contributed by atoms with Crippen molar-refractivity contribution in [2.75, 3.05) is 26.2 Å². The predicted molar refractivity (Wildman–Crippen MR) is 42.1 cm³/mol. The van der Waals surface area contributed by atoms with Gasteiger partial charge in [0.2, 0.25) is 0 Å². The lowest BCUT2D eigenvalue weighted by Gasteiger charge is -2.01. The number of rotatable bonds is 3. The maximum Gasteiger partial charge on any atom is 0.0196 e. The van der Waals surface area contributed by atoms with E-state index in [1.54, 1.807) is 0 Å². The average Bonchev–Trinajstić information content (AvgIpc) is 2.71. The van der Waals surface area contributed by atoms with Crippen LogP contribution in [0.1, 0.15) is 13.8 Å². The first-order valence-corrected chi connectivity index (χ1v) is 4.25. The molecule has 2 rings (SSSR count). The molecule has 2 aliphatic rings. The van der Waals surface area contributed by atoms with E-state index in [2.05, 4.69) is 23.6 Å². The van der Waals surface area contributed by atoms with Gasteiger partial charge in [-0.2, -0.15) is 0 Å². The zero-order chi connectivity index (χ0) is 7.14. The Kier molecular flexibility index (Phi) is 1.46. The first-order chi connectivity index (χ1) is 4.77. The Morgan fingerprint density at radius 2 is 1.30 bits per heavy atom. The summed E-state index contributed by atoms with van der Waals surface area (Å²) in [7, 11) is 0. The molecule has 0 saturated carbocycles. The maximum absolute atomic E-state index is 2.52. The third-order valence-electron chi connectivity index (χ3n) is 2.65. The summed E-state index contributed by atoms with van der Waals surface area (Å²) >= 11 is 0. The molecule has 0 spiro atoms. The van der Waals surface area contributed by atoms with Gasteiger partial charge in [-0.05, 0) is 13.8 Å². The first-order valence-electron chi connectivity index (χ1n) is 4.25. The van der Waals surface area contributed by atoms with E-state index in [1.165, 1.54) is 26.2 Å². The van der Waals surface area contributed by atoms with Gasteiger partial charge < -0.3 is 0 Å². The normalized spacial score (nSPS) is 51.0. The lowest BCUT2D eigenvalue weighted by molar-refractivity contribution is 0.425. The minimum absolute atomic E-state index is 0.884. The molecule has 0 aromatic rings. The molecule has 4 unspecified atom stereocenters. The van der Waals surface area contributed by atoms with Crippen LogP contribution < -0.4 is 0 Å². The largest absolute Gasteiger partial charge is 0.297 e. The third-order valence-corrected chi connectivity index (χ3v) is 2.65. The SMILES string of the molecule is CC1CN1CCN1CC1C. The molecule has 2 heterocycles. The Bertz CT molecular complexity index is 119. The predicted octanol–water partition coefficient (Wildman–Crippen LogP) is 0.395. The second kappa shape index (κ2) is 2.21. The van der Waals surface area contributed by atoms with Crippen LogP contribution >= 0.6 is 0 Å². The van der Waals surface area contributed by atoms with Gasteiger partial charge in [-0.25, -0.2) is 0 Å². The summed E-state index contributed by atoms with van der Waals surface area (Å²) in [6.07, 6.45) is 0. The summed E-state index contributed by atoms with van der Waals surface area (Å²) in [4.78, 5) is 5.04. The van der Waals surface area contributed by atoms with Crippen molar-refractivity contribution in [2.45, 2.75) is 25.9 Å². The highest BCUT2D eigenvalue weighted by Gasteiger charge is 2.33. The van der Waals surface area contributed by atoms with Crippen molar-refractivity contribution < 1.29 is 0 Å². The second-order valence-electron chi connectivity index (χ2n) is 3.69. The van der Waals surface area contributed by atoms with E-state index >= 15 is 0 Å². The van der Waals surface area contributed by atoms with Crippen molar-refractivity contribution in [3.63, 3.8) is 0 Å². The summed E-state index contributed by atoms with van der Waals surface area (Å²) in [5.41, 5.74) is 0. The summed E-state index contributed by atoms with van der Waals surface area (Å²) in [5.74, 6) is 0. The Morgan fingerprint density at radius 3 is 1.50 bits per heavy atom. The fraction of sp³-hybridized carbons (Fsp3) is 1.00. The molecular formula is C8H16N2. The van der Waals surface area contributed by atoms with E-state index in [0.29, 0.717) is 0 Å². The molecule has 2 aliphatic heterocycles. The van der Waals surface area contributed by atoms with Crippen molar-refractivity contribution in [1.29, 1.82) is 0 Å². The van der Waals surface area contributed by atoms with Gasteiger partial charge in [-0.15, -0.1) is 0 Å². The highest BCUT2D eigenvalue weighted by atomic mass is 15.4. The van der Waals surface area contributed by atoms with Crippen LogP contribution in [0.15, 0.2) is 0 Å². The van der Waals surface area contributed by atoms with Crippen LogP contribution in [-0.4, -0.2) is 48.1 Å². The zero-order valence-electron chi connectivity index (χ0n) is 6.88. The highest BCUT2D eigenvalue weighted by Crippen LogP contribution is 2.19. The van der Waals surface area contributed by atoms with Gasteiger partial charge in [0.1, 0.15) is 0 Å². The van der Waals surface area contributed by atoms with Gasteiger partial charge in [-0.1, -0.05) is 0 Å². The van der Waals surface area contributed by atoms with Gasteiger partial charge in [0, 0.05) is 38.3 Å². The molecular weight excluding hydrogens is 124 g/mol. The first kappa shape index (κ1) is 6.62. The van der Waals surface area contributed by atoms with E-state index in [4.69, 9.17) is 0 Å². The highest BCUT2D eigenvalue weighted by molar-refractivity contribution is 4.89. The molecule has 0 amide bonds. The lowest BCUT2D eigenvalue weighted by Crippen LogP contribution is -2.14. The van der Waals surface area contributed by atoms with Gasteiger partial charge >= 0.3 is 0 Å². The molecule has 2 saturated heterocycles. The van der Waals surface area contributed by atoms with E-state index < -0.39 is 0 Å². The van der Waals surface area contributed by atoms with Crippen LogP contribution in [-0.2, 0) is 0 Å².